The van der Waals surface area contributed by atoms with Gasteiger partial charge in [0.1, 0.15) is 23.3 Å². The van der Waals surface area contributed by atoms with Gasteiger partial charge in [-0.2, -0.15) is 0 Å². The minimum Gasteiger partial charge on any atom is -0.488 e. The second kappa shape index (κ2) is 14.6. The van der Waals surface area contributed by atoms with Crippen LogP contribution in [0.3, 0.4) is 0 Å². The van der Waals surface area contributed by atoms with E-state index in [1.54, 1.807) is 0 Å². The molecule has 2 atom stereocenters. The van der Waals surface area contributed by atoms with E-state index in [0.717, 1.165) is 53.1 Å². The fourth-order valence-corrected chi connectivity index (χ4v) is 7.17. The quantitative estimate of drug-likeness (QED) is 0.154. The Hall–Kier alpha value is -4.32. The normalized spacial score (nSPS) is 20.3. The molecule has 4 aromatic rings. The molecule has 0 aliphatic carbocycles. The van der Waals surface area contributed by atoms with Crippen LogP contribution < -0.4 is 9.64 Å². The zero-order chi connectivity index (χ0) is 37.5. The van der Waals surface area contributed by atoms with E-state index in [9.17, 15) is 13.6 Å². The highest BCUT2D eigenvalue weighted by molar-refractivity contribution is 5.87. The third-order valence-corrected chi connectivity index (χ3v) is 9.72. The first-order valence-electron chi connectivity index (χ1n) is 17.8. The number of hydrogen-bond donors (Lipinski definition) is 0. The number of carbonyl (C=O) groups excluding carboxylic acids is 1. The summed E-state index contributed by atoms with van der Waals surface area (Å²) in [6.45, 7) is 20.1. The highest BCUT2D eigenvalue weighted by Crippen LogP contribution is 2.43. The molecule has 278 valence electrons. The number of ether oxygens (including phenoxy) is 5. The van der Waals surface area contributed by atoms with E-state index in [4.69, 9.17) is 28.7 Å². The number of aromatic nitrogens is 2. The van der Waals surface area contributed by atoms with Gasteiger partial charge >= 0.3 is 5.97 Å². The molecule has 11 heteroatoms. The Bertz CT molecular complexity index is 1990. The van der Waals surface area contributed by atoms with E-state index in [1.807, 2.05) is 76.4 Å². The molecule has 0 N–H and O–H groups in total. The third-order valence-electron chi connectivity index (χ3n) is 9.72. The predicted molar refractivity (Wildman–Crippen MR) is 198 cm³/mol. The summed E-state index contributed by atoms with van der Waals surface area (Å²) in [4.78, 5) is 21.1. The average Bonchev–Trinajstić information content (AvgIpc) is 3.52. The highest BCUT2D eigenvalue weighted by Gasteiger charge is 2.39. The Kier molecular flexibility index (Phi) is 10.5. The van der Waals surface area contributed by atoms with Crippen LogP contribution in [0.1, 0.15) is 77.2 Å². The molecule has 2 aromatic heterocycles. The largest absolute Gasteiger partial charge is 0.488 e. The number of rotatable bonds is 4. The first-order valence-corrected chi connectivity index (χ1v) is 17.8. The number of piperidine rings is 1. The third kappa shape index (κ3) is 7.58. The summed E-state index contributed by atoms with van der Waals surface area (Å²) in [5.74, 6) is -1.52. The van der Waals surface area contributed by atoms with Crippen LogP contribution in [0.5, 0.6) is 5.75 Å². The summed E-state index contributed by atoms with van der Waals surface area (Å²) in [7, 11) is 1.37. The van der Waals surface area contributed by atoms with Crippen LogP contribution in [0.2, 0.25) is 0 Å². The number of hydrogen-bond acceptors (Lipinski definition) is 8. The SMILES string of the molecule is C=C(C)c1c(C)c([C@H](OC(C)(C)C)C(=O)OC)c2n3cc(nc13)-c1cccc(c1)-c1cc(F)c(F)cc1O[C@@H](C)COCCOC1(C)CCN2CC1. The molecule has 1 saturated heterocycles. The number of halogens is 2. The molecule has 0 spiro atoms. The maximum Gasteiger partial charge on any atom is 0.339 e. The molecule has 6 bridgehead atoms. The maximum atomic E-state index is 14.8. The number of pyridine rings is 1. The Balaban J connectivity index is 1.62. The van der Waals surface area contributed by atoms with Crippen LogP contribution in [0, 0.1) is 18.6 Å². The topological polar surface area (TPSA) is 83.8 Å². The van der Waals surface area contributed by atoms with Crippen LogP contribution >= 0.6 is 0 Å². The van der Waals surface area contributed by atoms with Gasteiger partial charge in [0.05, 0.1) is 43.8 Å². The number of benzene rings is 2. The molecule has 7 rings (SSSR count). The standard InChI is InChI=1S/C41H49F2N3O6/c1-24(2)34-26(4)35(36(39(47)48-9)52-40(5,6)7)38-45-15-13-41(8,14-16-45)50-18-17-49-23-25(3)51-33-21-31(43)30(42)20-29(33)27-11-10-12-28(19-27)32-22-46(38)37(34)44-32/h10-12,19-22,25,36H,1,13-18,23H2,2-9H3/t25-,36-/m0/s1. The Morgan fingerprint density at radius 1 is 1.10 bits per heavy atom. The van der Waals surface area contributed by atoms with Gasteiger partial charge in [-0.05, 0) is 90.1 Å². The van der Waals surface area contributed by atoms with E-state index in [0.29, 0.717) is 54.3 Å². The number of methoxy groups -OCH3 is 1. The number of fused-ring (bicyclic) bond motifs is 8. The summed E-state index contributed by atoms with van der Waals surface area (Å²) in [5.41, 5.74) is 5.05. The summed E-state index contributed by atoms with van der Waals surface area (Å²) in [6, 6.07) is 9.72. The van der Waals surface area contributed by atoms with Gasteiger partial charge < -0.3 is 28.6 Å². The van der Waals surface area contributed by atoms with Crippen molar-refractivity contribution in [3.63, 3.8) is 0 Å². The van der Waals surface area contributed by atoms with E-state index in [-0.39, 0.29) is 12.4 Å². The lowest BCUT2D eigenvalue weighted by molar-refractivity contribution is -0.164. The van der Waals surface area contributed by atoms with Crippen LogP contribution in [0.4, 0.5) is 14.6 Å². The van der Waals surface area contributed by atoms with Crippen molar-refractivity contribution >= 4 is 23.0 Å². The number of esters is 1. The Labute approximate surface area is 304 Å². The van der Waals surface area contributed by atoms with Gasteiger partial charge in [0, 0.05) is 47.6 Å². The number of carbonyl (C=O) groups is 1. The minimum absolute atomic E-state index is 0.199. The molecule has 0 radical (unpaired) electrons. The second-order valence-corrected chi connectivity index (χ2v) is 15.1. The minimum atomic E-state index is -1.04. The second-order valence-electron chi connectivity index (χ2n) is 15.1. The lowest BCUT2D eigenvalue weighted by Gasteiger charge is -2.42. The monoisotopic (exact) mass is 717 g/mol. The van der Waals surface area contributed by atoms with Crippen molar-refractivity contribution in [2.24, 2.45) is 0 Å². The number of nitrogens with zero attached hydrogens (tertiary/aromatic N) is 3. The molecule has 2 aromatic carbocycles. The van der Waals surface area contributed by atoms with E-state index < -0.39 is 41.0 Å². The molecule has 9 nitrogen and oxygen atoms in total. The number of allylic oxidation sites excluding steroid dienone is 1. The van der Waals surface area contributed by atoms with Gasteiger partial charge in [0.15, 0.2) is 17.7 Å². The molecule has 1 fully saturated rings. The zero-order valence-electron chi connectivity index (χ0n) is 31.4. The van der Waals surface area contributed by atoms with Crippen LogP contribution in [-0.2, 0) is 23.7 Å². The number of imidazole rings is 1. The average molecular weight is 718 g/mol. The first-order chi connectivity index (χ1) is 24.6. The van der Waals surface area contributed by atoms with Crippen LogP contribution in [0.25, 0.3) is 33.6 Å². The van der Waals surface area contributed by atoms with Crippen molar-refractivity contribution in [3.05, 3.63) is 77.5 Å². The fourth-order valence-electron chi connectivity index (χ4n) is 7.17. The van der Waals surface area contributed by atoms with Crippen molar-refractivity contribution in [1.82, 2.24) is 9.38 Å². The molecule has 3 aliphatic rings. The smallest absolute Gasteiger partial charge is 0.339 e. The lowest BCUT2D eigenvalue weighted by Crippen LogP contribution is -2.46. The molecule has 3 aliphatic heterocycles. The summed E-state index contributed by atoms with van der Waals surface area (Å²) >= 11 is 0. The predicted octanol–water partition coefficient (Wildman–Crippen LogP) is 8.49. The van der Waals surface area contributed by atoms with Crippen molar-refractivity contribution in [2.45, 2.75) is 84.7 Å². The van der Waals surface area contributed by atoms with E-state index >= 15 is 0 Å². The van der Waals surface area contributed by atoms with Gasteiger partial charge in [-0.25, -0.2) is 18.6 Å². The van der Waals surface area contributed by atoms with Crippen molar-refractivity contribution in [3.8, 4) is 28.1 Å². The van der Waals surface area contributed by atoms with Gasteiger partial charge in [0.25, 0.3) is 0 Å². The molecular weight excluding hydrogens is 668 g/mol. The van der Waals surface area contributed by atoms with Crippen LogP contribution in [0.15, 0.2) is 49.2 Å². The van der Waals surface area contributed by atoms with Gasteiger partial charge in [0.2, 0.25) is 0 Å². The summed E-state index contributed by atoms with van der Waals surface area (Å²) in [5, 5.41) is 0. The molecule has 0 amide bonds. The van der Waals surface area contributed by atoms with Gasteiger partial charge in [-0.3, -0.25) is 4.40 Å². The number of anilines is 1. The lowest BCUT2D eigenvalue weighted by atomic mass is 9.91. The van der Waals surface area contributed by atoms with Crippen LogP contribution in [-0.4, -0.2) is 72.7 Å². The summed E-state index contributed by atoms with van der Waals surface area (Å²) in [6.07, 6.45) is 1.91. The van der Waals surface area contributed by atoms with Crippen molar-refractivity contribution < 1.29 is 37.3 Å². The summed E-state index contributed by atoms with van der Waals surface area (Å²) < 4.78 is 61.7. The zero-order valence-corrected chi connectivity index (χ0v) is 31.4. The molecule has 0 unspecified atom stereocenters. The molecule has 0 saturated carbocycles. The molecular formula is C41H49F2N3O6. The van der Waals surface area contributed by atoms with Gasteiger partial charge in [-0.1, -0.05) is 24.8 Å². The Morgan fingerprint density at radius 3 is 2.46 bits per heavy atom. The maximum absolute atomic E-state index is 14.8. The first kappa shape index (κ1) is 37.4. The highest BCUT2D eigenvalue weighted by atomic mass is 19.2. The Morgan fingerprint density at radius 2 is 1.79 bits per heavy atom. The van der Waals surface area contributed by atoms with Crippen molar-refractivity contribution in [2.75, 3.05) is 44.9 Å². The molecule has 52 heavy (non-hydrogen) atoms. The van der Waals surface area contributed by atoms with E-state index in [2.05, 4.69) is 18.4 Å². The molecule has 5 heterocycles. The van der Waals surface area contributed by atoms with Gasteiger partial charge in [-0.15, -0.1) is 0 Å². The fraction of sp³-hybridized carbons (Fsp3) is 0.463. The van der Waals surface area contributed by atoms with Crippen molar-refractivity contribution in [1.29, 1.82) is 0 Å². The van der Waals surface area contributed by atoms with E-state index in [1.165, 1.54) is 7.11 Å².